The van der Waals surface area contributed by atoms with Crippen LogP contribution in [0.3, 0.4) is 0 Å². The third-order valence-corrected chi connectivity index (χ3v) is 6.45. The highest BCUT2D eigenvalue weighted by molar-refractivity contribution is 6.15. The van der Waals surface area contributed by atoms with Gasteiger partial charge in [-0.05, 0) is 37.0 Å². The van der Waals surface area contributed by atoms with E-state index in [0.717, 1.165) is 41.3 Å². The third-order valence-electron chi connectivity index (χ3n) is 6.45. The molecule has 0 radical (unpaired) electrons. The van der Waals surface area contributed by atoms with E-state index in [1.165, 1.54) is 6.20 Å². The molecule has 2 atom stereocenters. The topological polar surface area (TPSA) is 113 Å². The molecule has 1 aromatic carbocycles. The Morgan fingerprint density at radius 3 is 2.91 bits per heavy atom. The van der Waals surface area contributed by atoms with Crippen LogP contribution in [0.25, 0.3) is 38.8 Å². The lowest BCUT2D eigenvalue weighted by atomic mass is 10.00. The number of benzene rings is 1. The number of ether oxygens (including phenoxy) is 1. The Morgan fingerprint density at radius 1 is 1.35 bits per heavy atom. The summed E-state index contributed by atoms with van der Waals surface area (Å²) >= 11 is 0. The van der Waals surface area contributed by atoms with E-state index in [4.69, 9.17) is 14.9 Å². The molecular weight excluding hydrogens is 432 g/mol. The van der Waals surface area contributed by atoms with Crippen molar-refractivity contribution < 1.29 is 9.15 Å². The number of nitrogens with two attached hydrogens (primary N) is 1. The fourth-order valence-electron chi connectivity index (χ4n) is 4.77. The Balaban J connectivity index is 1.82. The third kappa shape index (κ3) is 3.71. The number of aryl methyl sites for hydroxylation is 1. The van der Waals surface area contributed by atoms with Gasteiger partial charge in [-0.3, -0.25) is 14.2 Å². The Kier molecular flexibility index (Phi) is 5.79. The zero-order valence-corrected chi connectivity index (χ0v) is 19.6. The maximum atomic E-state index is 13.5. The minimum absolute atomic E-state index is 0.0387. The maximum absolute atomic E-state index is 13.5. The molecule has 176 valence electrons. The number of hydrogen-bond acceptors (Lipinski definition) is 7. The molecule has 4 heterocycles. The minimum Gasteiger partial charge on any atom is -0.452 e. The van der Waals surface area contributed by atoms with E-state index in [1.54, 1.807) is 22.5 Å². The second kappa shape index (κ2) is 8.90. The first kappa shape index (κ1) is 22.1. The number of rotatable bonds is 5. The summed E-state index contributed by atoms with van der Waals surface area (Å²) < 4.78 is 15.8. The number of aliphatic imine (C=N–C) groups is 1. The number of fused-ring (bicyclic) bond motifs is 3. The van der Waals surface area contributed by atoms with Crippen LogP contribution in [0.4, 0.5) is 0 Å². The molecule has 34 heavy (non-hydrogen) atoms. The smallest absolute Gasteiger partial charge is 0.349 e. The van der Waals surface area contributed by atoms with Crippen LogP contribution in [-0.4, -0.2) is 45.3 Å². The molecule has 9 heteroatoms. The molecule has 1 saturated heterocycles. The van der Waals surface area contributed by atoms with Gasteiger partial charge in [0, 0.05) is 61.9 Å². The Bertz CT molecular complexity index is 1480. The monoisotopic (exact) mass is 460 g/mol. The molecule has 9 nitrogen and oxygen atoms in total. The van der Waals surface area contributed by atoms with Gasteiger partial charge in [0.15, 0.2) is 5.58 Å². The van der Waals surface area contributed by atoms with Crippen molar-refractivity contribution in [1.82, 2.24) is 19.3 Å². The second-order valence-corrected chi connectivity index (χ2v) is 8.59. The zero-order chi connectivity index (χ0) is 23.8. The second-order valence-electron chi connectivity index (χ2n) is 8.59. The summed E-state index contributed by atoms with van der Waals surface area (Å²) in [4.78, 5) is 22.0. The van der Waals surface area contributed by atoms with Gasteiger partial charge in [0.25, 0.3) is 0 Å². The Labute approximate surface area is 196 Å². The first-order valence-electron chi connectivity index (χ1n) is 11.5. The summed E-state index contributed by atoms with van der Waals surface area (Å²) in [5.74, 6) is 0. The van der Waals surface area contributed by atoms with Gasteiger partial charge in [-0.1, -0.05) is 13.0 Å². The van der Waals surface area contributed by atoms with Crippen LogP contribution in [0.5, 0.6) is 0 Å². The van der Waals surface area contributed by atoms with Gasteiger partial charge in [-0.2, -0.15) is 10.1 Å². The molecular formula is C25H28N6O3. The van der Waals surface area contributed by atoms with Gasteiger partial charge in [-0.25, -0.2) is 4.79 Å². The predicted octanol–water partition coefficient (Wildman–Crippen LogP) is 3.67. The number of allylic oxidation sites excluding steroid dienone is 1. The Hall–Kier alpha value is -3.72. The number of furan rings is 1. The fourth-order valence-corrected chi connectivity index (χ4v) is 4.77. The van der Waals surface area contributed by atoms with Crippen LogP contribution >= 0.6 is 0 Å². The molecule has 1 aliphatic heterocycles. The van der Waals surface area contributed by atoms with E-state index < -0.39 is 0 Å². The summed E-state index contributed by atoms with van der Waals surface area (Å²) in [6, 6.07) is 5.93. The lowest BCUT2D eigenvalue weighted by molar-refractivity contribution is -0.00711. The largest absolute Gasteiger partial charge is 0.452 e. The van der Waals surface area contributed by atoms with Crippen LogP contribution in [-0.2, 0) is 11.8 Å². The van der Waals surface area contributed by atoms with E-state index >= 15 is 0 Å². The highest BCUT2D eigenvalue weighted by Crippen LogP contribution is 2.37. The van der Waals surface area contributed by atoms with Crippen molar-refractivity contribution in [2.45, 2.75) is 38.3 Å². The van der Waals surface area contributed by atoms with Crippen molar-refractivity contribution in [3.8, 4) is 11.1 Å². The SMILES string of the molecule is CC[C@H]1C[C@@H](n2c(=O)nc(C(C=NC)=CN)c3oc4ccc(-c5cnn(C)c5)cc4c32)CCO1. The van der Waals surface area contributed by atoms with Gasteiger partial charge < -0.3 is 14.9 Å². The lowest BCUT2D eigenvalue weighted by Gasteiger charge is -2.30. The fraction of sp³-hybridized carbons (Fsp3) is 0.360. The van der Waals surface area contributed by atoms with Crippen molar-refractivity contribution in [2.75, 3.05) is 13.7 Å². The molecule has 4 aromatic rings. The molecule has 0 spiro atoms. The first-order chi connectivity index (χ1) is 16.5. The van der Waals surface area contributed by atoms with Crippen LogP contribution in [0.2, 0.25) is 0 Å². The number of aromatic nitrogens is 4. The average Bonchev–Trinajstić information content (AvgIpc) is 3.45. The molecule has 1 fully saturated rings. The molecule has 0 saturated carbocycles. The summed E-state index contributed by atoms with van der Waals surface area (Å²) in [7, 11) is 3.53. The molecule has 0 unspecified atom stereocenters. The van der Waals surface area contributed by atoms with Gasteiger partial charge in [0.05, 0.1) is 12.3 Å². The van der Waals surface area contributed by atoms with Crippen LogP contribution in [0.1, 0.15) is 37.9 Å². The predicted molar refractivity (Wildman–Crippen MR) is 133 cm³/mol. The number of hydrogen-bond donors (Lipinski definition) is 1. The van der Waals surface area contributed by atoms with E-state index in [9.17, 15) is 4.79 Å². The van der Waals surface area contributed by atoms with Crippen LogP contribution in [0.15, 0.2) is 51.0 Å². The molecule has 5 rings (SSSR count). The van der Waals surface area contributed by atoms with Crippen LogP contribution < -0.4 is 11.4 Å². The van der Waals surface area contributed by atoms with Crippen LogP contribution in [0, 0.1) is 0 Å². The number of nitrogens with zero attached hydrogens (tertiary/aromatic N) is 5. The van der Waals surface area contributed by atoms with Gasteiger partial charge in [0.2, 0.25) is 0 Å². The van der Waals surface area contributed by atoms with E-state index in [1.807, 2.05) is 37.6 Å². The van der Waals surface area contributed by atoms with Gasteiger partial charge in [-0.15, -0.1) is 0 Å². The summed E-state index contributed by atoms with van der Waals surface area (Å²) in [5.41, 5.74) is 10.4. The summed E-state index contributed by atoms with van der Waals surface area (Å²) in [6.07, 6.45) is 9.24. The molecule has 0 amide bonds. The quantitative estimate of drug-likeness (QED) is 0.455. The van der Waals surface area contributed by atoms with Crippen molar-refractivity contribution >= 4 is 33.9 Å². The summed E-state index contributed by atoms with van der Waals surface area (Å²) in [5, 5.41) is 5.14. The lowest BCUT2D eigenvalue weighted by Crippen LogP contribution is -2.34. The van der Waals surface area contributed by atoms with E-state index in [-0.39, 0.29) is 17.8 Å². The zero-order valence-electron chi connectivity index (χ0n) is 19.6. The maximum Gasteiger partial charge on any atom is 0.349 e. The summed E-state index contributed by atoms with van der Waals surface area (Å²) in [6.45, 7) is 2.70. The van der Waals surface area contributed by atoms with E-state index in [2.05, 4.69) is 22.0 Å². The molecule has 0 bridgehead atoms. The van der Waals surface area contributed by atoms with Gasteiger partial charge in [0.1, 0.15) is 16.8 Å². The molecule has 2 N–H and O–H groups in total. The average molecular weight is 461 g/mol. The normalized spacial score (nSPS) is 19.6. The first-order valence-corrected chi connectivity index (χ1v) is 11.5. The van der Waals surface area contributed by atoms with E-state index in [0.29, 0.717) is 29.0 Å². The van der Waals surface area contributed by atoms with Crippen molar-refractivity contribution in [3.63, 3.8) is 0 Å². The Morgan fingerprint density at radius 2 is 2.21 bits per heavy atom. The van der Waals surface area contributed by atoms with Crippen molar-refractivity contribution in [2.24, 2.45) is 17.8 Å². The van der Waals surface area contributed by atoms with Crippen molar-refractivity contribution in [1.29, 1.82) is 0 Å². The molecule has 0 aliphatic carbocycles. The highest BCUT2D eigenvalue weighted by atomic mass is 16.5. The van der Waals surface area contributed by atoms with Gasteiger partial charge >= 0.3 is 5.69 Å². The standard InChI is InChI=1S/C25H28N6O3/c1-4-19-10-18(7-8-33-19)31-23-20-9-15(17-13-28-30(3)14-17)5-6-21(20)34-24(23)22(29-25(31)32)16(11-26)12-27-2/h5-6,9,11-14,18-19H,4,7-8,10,26H2,1-3H3/t18-,19-/m0/s1. The minimum atomic E-state index is -0.331. The molecule has 1 aliphatic rings. The highest BCUT2D eigenvalue weighted by Gasteiger charge is 2.28. The molecule has 3 aromatic heterocycles. The van der Waals surface area contributed by atoms with Crippen molar-refractivity contribution in [3.05, 3.63) is 53.0 Å².